The first-order valence-electron chi connectivity index (χ1n) is 11.4. The Balaban J connectivity index is -0.000000139. The van der Waals surface area contributed by atoms with Crippen LogP contribution in [-0.2, 0) is 19.1 Å². The maximum Gasteiger partial charge on any atom is 0.293 e. The standard InChI is InChI=1S/2C6H12O2.2C6H14/c1-3-6(2)4-8-5-7;1-3-6(4-2)8-5-7;2*1-4-6(3)5-2/h2*5-6H,3-4H2,1-2H3;2*6H,4-5H2,1-3H3. The highest BCUT2D eigenvalue weighted by Crippen LogP contribution is 2.03. The Morgan fingerprint density at radius 1 is 0.571 bits per heavy atom. The summed E-state index contributed by atoms with van der Waals surface area (Å²) in [6, 6.07) is 0. The Morgan fingerprint density at radius 2 is 0.929 bits per heavy atom. The summed E-state index contributed by atoms with van der Waals surface area (Å²) in [5, 5.41) is 0. The molecule has 0 aromatic heterocycles. The monoisotopic (exact) mass is 404 g/mol. The molecule has 0 aliphatic heterocycles. The highest BCUT2D eigenvalue weighted by Gasteiger charge is 1.99. The normalized spacial score (nSPS) is 10.6. The number of carbonyl (C=O) groups is 2. The minimum Gasteiger partial charge on any atom is -0.468 e. The van der Waals surface area contributed by atoms with Crippen molar-refractivity contribution in [3.63, 3.8) is 0 Å². The zero-order valence-corrected chi connectivity index (χ0v) is 20.8. The van der Waals surface area contributed by atoms with Crippen LogP contribution in [0, 0.1) is 17.8 Å². The number of hydrogen-bond donors (Lipinski definition) is 0. The van der Waals surface area contributed by atoms with Crippen molar-refractivity contribution in [3.8, 4) is 0 Å². The average molecular weight is 405 g/mol. The first-order chi connectivity index (χ1) is 13.3. The SMILES string of the molecule is CCC(C)CC.CCC(C)CC.CCC(C)COC=O.CCC(CC)OC=O. The van der Waals surface area contributed by atoms with Crippen molar-refractivity contribution in [2.75, 3.05) is 6.61 Å². The molecule has 0 aliphatic carbocycles. The van der Waals surface area contributed by atoms with Crippen LogP contribution in [0.5, 0.6) is 0 Å². The molecule has 0 saturated heterocycles. The summed E-state index contributed by atoms with van der Waals surface area (Å²) in [4.78, 5) is 19.3. The smallest absolute Gasteiger partial charge is 0.293 e. The van der Waals surface area contributed by atoms with E-state index in [-0.39, 0.29) is 6.10 Å². The molecule has 28 heavy (non-hydrogen) atoms. The van der Waals surface area contributed by atoms with Crippen LogP contribution in [0.3, 0.4) is 0 Å². The van der Waals surface area contributed by atoms with E-state index in [1.165, 1.54) is 25.7 Å². The van der Waals surface area contributed by atoms with Crippen LogP contribution < -0.4 is 0 Å². The zero-order valence-electron chi connectivity index (χ0n) is 20.8. The van der Waals surface area contributed by atoms with Gasteiger partial charge in [-0.2, -0.15) is 0 Å². The third-order valence-electron chi connectivity index (χ3n) is 5.09. The van der Waals surface area contributed by atoms with Crippen LogP contribution in [0.25, 0.3) is 0 Å². The van der Waals surface area contributed by atoms with Crippen molar-refractivity contribution in [1.82, 2.24) is 0 Å². The molecule has 0 fully saturated rings. The maximum atomic E-state index is 9.71. The van der Waals surface area contributed by atoms with E-state index in [0.717, 1.165) is 31.1 Å². The molecule has 4 heteroatoms. The van der Waals surface area contributed by atoms with Gasteiger partial charge in [-0.1, -0.05) is 101 Å². The van der Waals surface area contributed by atoms with Crippen molar-refractivity contribution in [1.29, 1.82) is 0 Å². The topological polar surface area (TPSA) is 52.6 Å². The number of rotatable bonds is 12. The minimum atomic E-state index is 0.132. The summed E-state index contributed by atoms with van der Waals surface area (Å²) in [6.07, 6.45) is 8.34. The third kappa shape index (κ3) is 35.9. The largest absolute Gasteiger partial charge is 0.468 e. The number of carbonyl (C=O) groups excluding carboxylic acids is 2. The van der Waals surface area contributed by atoms with E-state index in [1.807, 2.05) is 20.8 Å². The summed E-state index contributed by atoms with van der Waals surface area (Å²) < 4.78 is 9.17. The molecule has 0 radical (unpaired) electrons. The van der Waals surface area contributed by atoms with E-state index in [4.69, 9.17) is 0 Å². The second-order valence-corrected chi connectivity index (χ2v) is 7.46. The van der Waals surface area contributed by atoms with Crippen LogP contribution in [0.2, 0.25) is 0 Å². The lowest BCUT2D eigenvalue weighted by atomic mass is 10.1. The fourth-order valence-corrected chi connectivity index (χ4v) is 1.46. The second-order valence-electron chi connectivity index (χ2n) is 7.46. The lowest BCUT2D eigenvalue weighted by Crippen LogP contribution is -2.07. The molecule has 0 bridgehead atoms. The highest BCUT2D eigenvalue weighted by molar-refractivity contribution is 5.37. The van der Waals surface area contributed by atoms with Crippen LogP contribution in [0.15, 0.2) is 0 Å². The first-order valence-corrected chi connectivity index (χ1v) is 11.4. The third-order valence-corrected chi connectivity index (χ3v) is 5.09. The molecule has 0 spiro atoms. The Morgan fingerprint density at radius 3 is 1.07 bits per heavy atom. The fourth-order valence-electron chi connectivity index (χ4n) is 1.46. The summed E-state index contributed by atoms with van der Waals surface area (Å²) in [5.74, 6) is 2.37. The molecular formula is C24H52O4. The van der Waals surface area contributed by atoms with Gasteiger partial charge in [0.1, 0.15) is 6.10 Å². The molecule has 0 N–H and O–H groups in total. The van der Waals surface area contributed by atoms with E-state index >= 15 is 0 Å². The highest BCUT2D eigenvalue weighted by atomic mass is 16.5. The molecule has 0 heterocycles. The van der Waals surface area contributed by atoms with Gasteiger partial charge in [0.15, 0.2) is 0 Å². The van der Waals surface area contributed by atoms with Crippen LogP contribution in [0.1, 0.15) is 114 Å². The lowest BCUT2D eigenvalue weighted by Gasteiger charge is -2.07. The van der Waals surface area contributed by atoms with Crippen LogP contribution >= 0.6 is 0 Å². The molecule has 172 valence electrons. The maximum absolute atomic E-state index is 9.71. The van der Waals surface area contributed by atoms with Gasteiger partial charge in [0.05, 0.1) is 6.61 Å². The summed E-state index contributed by atoms with van der Waals surface area (Å²) in [6.45, 7) is 23.1. The molecule has 0 aliphatic rings. The van der Waals surface area contributed by atoms with E-state index in [1.54, 1.807) is 0 Å². The van der Waals surface area contributed by atoms with Crippen molar-refractivity contribution in [3.05, 3.63) is 0 Å². The van der Waals surface area contributed by atoms with Gasteiger partial charge in [-0.15, -0.1) is 0 Å². The van der Waals surface area contributed by atoms with Gasteiger partial charge in [-0.25, -0.2) is 0 Å². The fraction of sp³-hybridized carbons (Fsp3) is 0.917. The minimum absolute atomic E-state index is 0.132. The van der Waals surface area contributed by atoms with Crippen LogP contribution in [0.4, 0.5) is 0 Å². The van der Waals surface area contributed by atoms with E-state index in [0.29, 0.717) is 25.5 Å². The molecule has 0 rings (SSSR count). The van der Waals surface area contributed by atoms with E-state index < -0.39 is 0 Å². The van der Waals surface area contributed by atoms with Gasteiger partial charge in [0.2, 0.25) is 0 Å². The second kappa shape index (κ2) is 30.7. The Hall–Kier alpha value is -1.06. The van der Waals surface area contributed by atoms with Gasteiger partial charge < -0.3 is 9.47 Å². The predicted octanol–water partition coefficient (Wildman–Crippen LogP) is 7.44. The van der Waals surface area contributed by atoms with Gasteiger partial charge in [0, 0.05) is 0 Å². The molecule has 1 atom stereocenters. The molecule has 1 unspecified atom stereocenters. The van der Waals surface area contributed by atoms with Crippen LogP contribution in [-0.4, -0.2) is 25.7 Å². The van der Waals surface area contributed by atoms with Crippen molar-refractivity contribution in [2.45, 2.75) is 120 Å². The summed E-state index contributed by atoms with van der Waals surface area (Å²) >= 11 is 0. The van der Waals surface area contributed by atoms with Gasteiger partial charge in [-0.05, 0) is 30.6 Å². The molecule has 0 aromatic carbocycles. The molecule has 0 amide bonds. The van der Waals surface area contributed by atoms with E-state index in [9.17, 15) is 9.59 Å². The number of ether oxygens (including phenoxy) is 2. The molecule has 0 aromatic rings. The molecular weight excluding hydrogens is 352 g/mol. The van der Waals surface area contributed by atoms with Gasteiger partial charge in [0.25, 0.3) is 12.9 Å². The van der Waals surface area contributed by atoms with Crippen molar-refractivity contribution in [2.24, 2.45) is 17.8 Å². The zero-order chi connectivity index (χ0) is 22.8. The van der Waals surface area contributed by atoms with E-state index in [2.05, 4.69) is 57.9 Å². The van der Waals surface area contributed by atoms with Gasteiger partial charge >= 0.3 is 0 Å². The quantitative estimate of drug-likeness (QED) is 0.317. The number of hydrogen-bond acceptors (Lipinski definition) is 4. The van der Waals surface area contributed by atoms with Crippen molar-refractivity contribution < 1.29 is 19.1 Å². The van der Waals surface area contributed by atoms with Gasteiger partial charge in [-0.3, -0.25) is 9.59 Å². The Bertz CT molecular complexity index is 260. The molecule has 4 nitrogen and oxygen atoms in total. The Labute approximate surface area is 177 Å². The molecule has 0 saturated carbocycles. The lowest BCUT2D eigenvalue weighted by molar-refractivity contribution is -0.133. The summed E-state index contributed by atoms with van der Waals surface area (Å²) in [7, 11) is 0. The Kier molecular flexibility index (Phi) is 37.7. The average Bonchev–Trinajstić information content (AvgIpc) is 2.75. The van der Waals surface area contributed by atoms with Crippen molar-refractivity contribution >= 4 is 12.9 Å². The predicted molar refractivity (Wildman–Crippen MR) is 122 cm³/mol. The first kappa shape index (κ1) is 34.4. The summed E-state index contributed by atoms with van der Waals surface area (Å²) in [5.41, 5.74) is 0.